The van der Waals surface area contributed by atoms with Crippen LogP contribution in [0.25, 0.3) is 0 Å². The van der Waals surface area contributed by atoms with Crippen LogP contribution < -0.4 is 0 Å². The summed E-state index contributed by atoms with van der Waals surface area (Å²) in [7, 11) is 5.01. The molecule has 3 rings (SSSR count). The van der Waals surface area contributed by atoms with Gasteiger partial charge in [0.2, 0.25) is 0 Å². The van der Waals surface area contributed by atoms with E-state index in [0.717, 1.165) is 12.5 Å². The van der Waals surface area contributed by atoms with Crippen LogP contribution in [-0.2, 0) is 13.2 Å². The summed E-state index contributed by atoms with van der Waals surface area (Å²) in [5.74, 6) is -0.0390. The number of aliphatic hydroxyl groups excluding tert-OH is 1. The van der Waals surface area contributed by atoms with Gasteiger partial charge in [0.25, 0.3) is 5.91 Å². The lowest BCUT2D eigenvalue weighted by Crippen LogP contribution is -2.46. The number of amides is 1. The molecule has 1 aliphatic heterocycles. The number of hydrogen-bond acceptors (Lipinski definition) is 4. The lowest BCUT2D eigenvalue weighted by molar-refractivity contribution is -0.143. The van der Waals surface area contributed by atoms with Crippen LogP contribution in [0.1, 0.15) is 29.0 Å². The molecule has 1 saturated carbocycles. The van der Waals surface area contributed by atoms with Crippen LogP contribution in [0, 0.1) is 11.8 Å². The van der Waals surface area contributed by atoms with Gasteiger partial charge in [0.05, 0.1) is 6.10 Å². The predicted octanol–water partition coefficient (Wildman–Crippen LogP) is 1.21. The number of fused-ring (bicyclic) bond motifs is 1. The third kappa shape index (κ3) is 3.39. The molecular formula is C16H23F3N4O2. The normalized spacial score (nSPS) is 30.0. The number of aliphatic hydroxyl groups is 1. The fraction of sp³-hybridized carbons (Fsp3) is 0.750. The van der Waals surface area contributed by atoms with Gasteiger partial charge < -0.3 is 14.9 Å². The number of alkyl halides is 3. The number of carbonyl (C=O) groups excluding carboxylic acids is 1. The molecule has 1 N–H and O–H groups in total. The lowest BCUT2D eigenvalue weighted by Gasteiger charge is -2.38. The van der Waals surface area contributed by atoms with Gasteiger partial charge in [-0.15, -0.1) is 0 Å². The fourth-order valence-corrected chi connectivity index (χ4v) is 4.13. The van der Waals surface area contributed by atoms with Crippen LogP contribution >= 0.6 is 0 Å². The number of hydrogen-bond donors (Lipinski definition) is 1. The van der Waals surface area contributed by atoms with Crippen molar-refractivity contribution in [3.63, 3.8) is 0 Å². The first-order valence-electron chi connectivity index (χ1n) is 8.33. The van der Waals surface area contributed by atoms with Gasteiger partial charge in [0, 0.05) is 32.2 Å². The molecule has 0 bridgehead atoms. The number of rotatable bonds is 2. The minimum absolute atomic E-state index is 0.0444. The standard InChI is InChI=1S/C16H23F3N4O2/c1-21(2)12-4-9-7-23(8-10(9)5-13(12)24)15(25)11-6-14(16(17,18)19)22(3)20-11/h6,9-10,12-13,24H,4-5,7-8H2,1-3H3/t9-,10+,12-,13-/m1/s1. The molecule has 0 aromatic carbocycles. The summed E-state index contributed by atoms with van der Waals surface area (Å²) in [4.78, 5) is 16.1. The number of likely N-dealkylation sites (tertiary alicyclic amines) is 1. The average Bonchev–Trinajstić information content (AvgIpc) is 3.07. The van der Waals surface area contributed by atoms with Gasteiger partial charge in [-0.25, -0.2) is 0 Å². The molecule has 2 aliphatic rings. The van der Waals surface area contributed by atoms with E-state index in [9.17, 15) is 23.1 Å². The fourth-order valence-electron chi connectivity index (χ4n) is 4.13. The molecule has 1 amide bonds. The van der Waals surface area contributed by atoms with Crippen molar-refractivity contribution in [3.8, 4) is 0 Å². The van der Waals surface area contributed by atoms with Crippen LogP contribution in [-0.4, -0.2) is 69.9 Å². The summed E-state index contributed by atoms with van der Waals surface area (Å²) in [5.41, 5.74) is -1.12. The van der Waals surface area contributed by atoms with Crippen LogP contribution in [0.3, 0.4) is 0 Å². The number of likely N-dealkylation sites (N-methyl/N-ethyl adjacent to an activating group) is 1. The maximum Gasteiger partial charge on any atom is 0.433 e. The van der Waals surface area contributed by atoms with Crippen molar-refractivity contribution in [2.45, 2.75) is 31.2 Å². The van der Waals surface area contributed by atoms with Crippen molar-refractivity contribution in [3.05, 3.63) is 17.5 Å². The average molecular weight is 360 g/mol. The quantitative estimate of drug-likeness (QED) is 0.861. The van der Waals surface area contributed by atoms with E-state index >= 15 is 0 Å². The first-order valence-corrected chi connectivity index (χ1v) is 8.33. The molecule has 1 saturated heterocycles. The Morgan fingerprint density at radius 2 is 1.88 bits per heavy atom. The van der Waals surface area contributed by atoms with E-state index in [2.05, 4.69) is 5.10 Å². The van der Waals surface area contributed by atoms with E-state index in [-0.39, 0.29) is 23.6 Å². The molecule has 140 valence electrons. The smallest absolute Gasteiger partial charge is 0.391 e. The summed E-state index contributed by atoms with van der Waals surface area (Å²) >= 11 is 0. The summed E-state index contributed by atoms with van der Waals surface area (Å²) < 4.78 is 39.4. The minimum Gasteiger partial charge on any atom is -0.391 e. The van der Waals surface area contributed by atoms with E-state index in [1.165, 1.54) is 7.05 Å². The predicted molar refractivity (Wildman–Crippen MR) is 83.8 cm³/mol. The molecule has 1 aromatic heterocycles. The molecule has 1 aliphatic carbocycles. The molecule has 0 radical (unpaired) electrons. The first-order chi connectivity index (χ1) is 11.6. The number of carbonyl (C=O) groups is 1. The van der Waals surface area contributed by atoms with Crippen LogP contribution in [0.2, 0.25) is 0 Å². The number of aromatic nitrogens is 2. The highest BCUT2D eigenvalue weighted by Crippen LogP contribution is 2.38. The van der Waals surface area contributed by atoms with Crippen molar-refractivity contribution >= 4 is 5.91 Å². The summed E-state index contributed by atoms with van der Waals surface area (Å²) in [6, 6.07) is 0.852. The second-order valence-electron chi connectivity index (χ2n) is 7.34. The Morgan fingerprint density at radius 3 is 2.40 bits per heavy atom. The van der Waals surface area contributed by atoms with Crippen molar-refractivity contribution < 1.29 is 23.1 Å². The Labute approximate surface area is 144 Å². The molecule has 2 fully saturated rings. The SMILES string of the molecule is CN(C)[C@@H]1C[C@@H]2CN(C(=O)c3cc(C(F)(F)F)n(C)n3)C[C@@H]2C[C@H]1O. The molecular weight excluding hydrogens is 337 g/mol. The molecule has 0 unspecified atom stereocenters. The highest BCUT2D eigenvalue weighted by Gasteiger charge is 2.44. The summed E-state index contributed by atoms with van der Waals surface area (Å²) in [6.45, 7) is 0.955. The van der Waals surface area contributed by atoms with Crippen LogP contribution in [0.15, 0.2) is 6.07 Å². The van der Waals surface area contributed by atoms with E-state index in [1.54, 1.807) is 4.90 Å². The van der Waals surface area contributed by atoms with E-state index in [0.29, 0.717) is 24.2 Å². The summed E-state index contributed by atoms with van der Waals surface area (Å²) in [6.07, 6.45) is -3.60. The zero-order valence-electron chi connectivity index (χ0n) is 14.5. The topological polar surface area (TPSA) is 61.6 Å². The van der Waals surface area contributed by atoms with Crippen LogP contribution in [0.4, 0.5) is 13.2 Å². The zero-order valence-corrected chi connectivity index (χ0v) is 14.5. The Balaban J connectivity index is 1.73. The Morgan fingerprint density at radius 1 is 1.28 bits per heavy atom. The first kappa shape index (κ1) is 18.2. The van der Waals surface area contributed by atoms with Crippen molar-refractivity contribution in [1.29, 1.82) is 0 Å². The van der Waals surface area contributed by atoms with Gasteiger partial charge in [-0.1, -0.05) is 0 Å². The highest BCUT2D eigenvalue weighted by molar-refractivity contribution is 5.92. The molecule has 9 heteroatoms. The Hall–Kier alpha value is -1.61. The second-order valence-corrected chi connectivity index (χ2v) is 7.34. The Bertz CT molecular complexity index is 658. The molecule has 25 heavy (non-hydrogen) atoms. The maximum atomic E-state index is 12.9. The minimum atomic E-state index is -4.54. The highest BCUT2D eigenvalue weighted by atomic mass is 19.4. The van der Waals surface area contributed by atoms with Gasteiger partial charge in [-0.05, 0) is 38.8 Å². The van der Waals surface area contributed by atoms with Gasteiger partial charge in [0.1, 0.15) is 5.69 Å². The van der Waals surface area contributed by atoms with Crippen molar-refractivity contribution in [1.82, 2.24) is 19.6 Å². The molecule has 4 atom stereocenters. The second kappa shape index (κ2) is 6.28. The van der Waals surface area contributed by atoms with E-state index in [4.69, 9.17) is 0 Å². The van der Waals surface area contributed by atoms with Gasteiger partial charge >= 0.3 is 6.18 Å². The largest absolute Gasteiger partial charge is 0.433 e. The lowest BCUT2D eigenvalue weighted by atomic mass is 9.77. The molecule has 6 nitrogen and oxygen atoms in total. The number of nitrogens with zero attached hydrogens (tertiary/aromatic N) is 4. The molecule has 2 heterocycles. The van der Waals surface area contributed by atoms with Crippen LogP contribution in [0.5, 0.6) is 0 Å². The molecule has 0 spiro atoms. The van der Waals surface area contributed by atoms with Crippen molar-refractivity contribution in [2.75, 3.05) is 27.2 Å². The number of halogens is 3. The molecule has 1 aromatic rings. The van der Waals surface area contributed by atoms with E-state index in [1.807, 2.05) is 19.0 Å². The van der Waals surface area contributed by atoms with Gasteiger partial charge in [0.15, 0.2) is 5.69 Å². The van der Waals surface area contributed by atoms with E-state index < -0.39 is 23.9 Å². The van der Waals surface area contributed by atoms with Gasteiger partial charge in [-0.2, -0.15) is 18.3 Å². The third-order valence-electron chi connectivity index (χ3n) is 5.45. The summed E-state index contributed by atoms with van der Waals surface area (Å²) in [5, 5.41) is 14.0. The zero-order chi connectivity index (χ0) is 18.5. The van der Waals surface area contributed by atoms with Gasteiger partial charge in [-0.3, -0.25) is 9.48 Å². The monoisotopic (exact) mass is 360 g/mol. The third-order valence-corrected chi connectivity index (χ3v) is 5.45. The number of aryl methyl sites for hydroxylation is 1. The maximum absolute atomic E-state index is 12.9. The Kier molecular flexibility index (Phi) is 4.57. The van der Waals surface area contributed by atoms with Crippen molar-refractivity contribution in [2.24, 2.45) is 18.9 Å².